The van der Waals surface area contributed by atoms with E-state index in [0.717, 1.165) is 11.3 Å². The molecule has 0 radical (unpaired) electrons. The smallest absolute Gasteiger partial charge is 0.408 e. The van der Waals surface area contributed by atoms with Crippen LogP contribution in [0.15, 0.2) is 18.3 Å². The Morgan fingerprint density at radius 1 is 1.32 bits per heavy atom. The van der Waals surface area contributed by atoms with Gasteiger partial charge in [0.15, 0.2) is 0 Å². The Hall–Kier alpha value is -2.15. The van der Waals surface area contributed by atoms with Gasteiger partial charge in [0.05, 0.1) is 12.2 Å². The van der Waals surface area contributed by atoms with Gasteiger partial charge in [0.25, 0.3) is 0 Å². The number of aryl methyl sites for hydroxylation is 1. The maximum absolute atomic E-state index is 12.8. The lowest BCUT2D eigenvalue weighted by atomic mass is 9.89. The predicted molar refractivity (Wildman–Crippen MR) is 93.0 cm³/mol. The van der Waals surface area contributed by atoms with E-state index in [-0.39, 0.29) is 5.91 Å². The summed E-state index contributed by atoms with van der Waals surface area (Å²) in [6, 6.07) is 3.79. The van der Waals surface area contributed by atoms with Crippen LogP contribution in [0.3, 0.4) is 0 Å². The molecule has 7 nitrogen and oxygen atoms in total. The highest BCUT2D eigenvalue weighted by molar-refractivity contribution is 5.90. The van der Waals surface area contributed by atoms with E-state index in [1.54, 1.807) is 27.0 Å². The molecule has 2 rings (SSSR count). The van der Waals surface area contributed by atoms with Gasteiger partial charge in [-0.25, -0.2) is 4.79 Å². The lowest BCUT2D eigenvalue weighted by molar-refractivity contribution is -0.131. The molecule has 0 aromatic carbocycles. The summed E-state index contributed by atoms with van der Waals surface area (Å²) in [6.07, 6.45) is 1.90. The third kappa shape index (κ3) is 5.42. The first-order chi connectivity index (χ1) is 11.7. The number of rotatable bonds is 4. The Kier molecular flexibility index (Phi) is 6.00. The molecule has 7 heteroatoms. The van der Waals surface area contributed by atoms with Crippen LogP contribution < -0.4 is 10.6 Å². The van der Waals surface area contributed by atoms with Crippen molar-refractivity contribution in [3.63, 3.8) is 0 Å². The van der Waals surface area contributed by atoms with Crippen molar-refractivity contribution in [1.82, 2.24) is 15.6 Å². The molecule has 0 aliphatic carbocycles. The number of ether oxygens (including phenoxy) is 2. The lowest BCUT2D eigenvalue weighted by Crippen LogP contribution is -2.61. The first-order valence-electron chi connectivity index (χ1n) is 8.50. The molecule has 2 amide bonds. The van der Waals surface area contributed by atoms with Gasteiger partial charge in [-0.2, -0.15) is 0 Å². The van der Waals surface area contributed by atoms with Gasteiger partial charge in [-0.05, 0) is 39.3 Å². The summed E-state index contributed by atoms with van der Waals surface area (Å²) in [5, 5.41) is 5.66. The number of nitrogens with zero attached hydrogens (tertiary/aromatic N) is 1. The normalized spacial score (nSPS) is 16.8. The zero-order chi connectivity index (χ0) is 18.5. The Morgan fingerprint density at radius 3 is 2.60 bits per heavy atom. The second kappa shape index (κ2) is 7.82. The highest BCUT2D eigenvalue weighted by Crippen LogP contribution is 2.22. The molecule has 1 saturated heterocycles. The summed E-state index contributed by atoms with van der Waals surface area (Å²) in [4.78, 5) is 29.3. The van der Waals surface area contributed by atoms with Gasteiger partial charge in [0.1, 0.15) is 11.1 Å². The van der Waals surface area contributed by atoms with Gasteiger partial charge in [-0.3, -0.25) is 9.78 Å². The number of hydrogen-bond donors (Lipinski definition) is 2. The number of aromatic nitrogens is 1. The SMILES string of the molecule is Cc1cccnc1CNC(=O)C1(NC(=O)OC(C)(C)C)CCOCC1. The summed E-state index contributed by atoms with van der Waals surface area (Å²) in [5.74, 6) is -0.244. The topological polar surface area (TPSA) is 89.6 Å². The Labute approximate surface area is 148 Å². The molecule has 1 aromatic rings. The third-order valence-corrected chi connectivity index (χ3v) is 4.06. The van der Waals surface area contributed by atoms with Crippen molar-refractivity contribution in [3.8, 4) is 0 Å². The number of carbonyl (C=O) groups excluding carboxylic acids is 2. The fourth-order valence-corrected chi connectivity index (χ4v) is 2.66. The average molecular weight is 349 g/mol. The maximum Gasteiger partial charge on any atom is 0.408 e. The number of alkyl carbamates (subject to hydrolysis) is 1. The Balaban J connectivity index is 2.06. The van der Waals surface area contributed by atoms with Crippen LogP contribution in [0, 0.1) is 6.92 Å². The van der Waals surface area contributed by atoms with Crippen LogP contribution in [0.2, 0.25) is 0 Å². The molecular weight excluding hydrogens is 322 g/mol. The summed E-state index contributed by atoms with van der Waals surface area (Å²) >= 11 is 0. The summed E-state index contributed by atoms with van der Waals surface area (Å²) in [6.45, 7) is 8.42. The molecule has 0 spiro atoms. The van der Waals surface area contributed by atoms with E-state index in [0.29, 0.717) is 32.6 Å². The highest BCUT2D eigenvalue weighted by Gasteiger charge is 2.42. The lowest BCUT2D eigenvalue weighted by Gasteiger charge is -2.36. The van der Waals surface area contributed by atoms with E-state index in [9.17, 15) is 9.59 Å². The fourth-order valence-electron chi connectivity index (χ4n) is 2.66. The number of hydrogen-bond acceptors (Lipinski definition) is 5. The second-order valence-corrected chi connectivity index (χ2v) is 7.27. The van der Waals surface area contributed by atoms with E-state index >= 15 is 0 Å². The van der Waals surface area contributed by atoms with Crippen molar-refractivity contribution in [2.24, 2.45) is 0 Å². The van der Waals surface area contributed by atoms with E-state index in [1.807, 2.05) is 19.1 Å². The molecule has 1 aliphatic heterocycles. The zero-order valence-electron chi connectivity index (χ0n) is 15.3. The van der Waals surface area contributed by atoms with Crippen molar-refractivity contribution in [2.45, 2.75) is 58.2 Å². The molecule has 1 fully saturated rings. The molecule has 0 bridgehead atoms. The molecule has 138 valence electrons. The van der Waals surface area contributed by atoms with Crippen molar-refractivity contribution < 1.29 is 19.1 Å². The minimum atomic E-state index is -1.02. The fraction of sp³-hybridized carbons (Fsp3) is 0.611. The molecule has 2 N–H and O–H groups in total. The molecule has 1 aliphatic rings. The van der Waals surface area contributed by atoms with E-state index < -0.39 is 17.2 Å². The molecule has 1 aromatic heterocycles. The molecule has 25 heavy (non-hydrogen) atoms. The van der Waals surface area contributed by atoms with E-state index in [4.69, 9.17) is 9.47 Å². The van der Waals surface area contributed by atoms with Gasteiger partial charge < -0.3 is 20.1 Å². The van der Waals surface area contributed by atoms with E-state index in [2.05, 4.69) is 15.6 Å². The largest absolute Gasteiger partial charge is 0.444 e. The van der Waals surface area contributed by atoms with Crippen molar-refractivity contribution in [3.05, 3.63) is 29.6 Å². The standard InChI is InChI=1S/C18H27N3O4/c1-13-6-5-9-19-14(13)12-20-15(22)18(7-10-24-11-8-18)21-16(23)25-17(2,3)4/h5-6,9H,7-8,10-12H2,1-4H3,(H,20,22)(H,21,23). The second-order valence-electron chi connectivity index (χ2n) is 7.27. The monoisotopic (exact) mass is 349 g/mol. The predicted octanol–water partition coefficient (Wildman–Crippen LogP) is 2.08. The number of carbonyl (C=O) groups is 2. The number of pyridine rings is 1. The van der Waals surface area contributed by atoms with Gasteiger partial charge in [-0.15, -0.1) is 0 Å². The number of nitrogens with one attached hydrogen (secondary N) is 2. The molecular formula is C18H27N3O4. The average Bonchev–Trinajstić information content (AvgIpc) is 2.52. The van der Waals surface area contributed by atoms with Gasteiger partial charge in [0, 0.05) is 32.3 Å². The number of amides is 2. The minimum Gasteiger partial charge on any atom is -0.444 e. The van der Waals surface area contributed by atoms with Crippen LogP contribution in [0.4, 0.5) is 4.79 Å². The van der Waals surface area contributed by atoms with Crippen LogP contribution in [-0.4, -0.2) is 41.3 Å². The Morgan fingerprint density at radius 2 is 2.00 bits per heavy atom. The molecule has 0 atom stereocenters. The highest BCUT2D eigenvalue weighted by atomic mass is 16.6. The summed E-state index contributed by atoms with van der Waals surface area (Å²) in [7, 11) is 0. The first-order valence-corrected chi connectivity index (χ1v) is 8.50. The van der Waals surface area contributed by atoms with Crippen molar-refractivity contribution in [1.29, 1.82) is 0 Å². The van der Waals surface area contributed by atoms with Crippen LogP contribution in [-0.2, 0) is 20.8 Å². The van der Waals surface area contributed by atoms with Gasteiger partial charge >= 0.3 is 6.09 Å². The Bertz CT molecular complexity index is 619. The quantitative estimate of drug-likeness (QED) is 0.869. The van der Waals surface area contributed by atoms with Crippen LogP contribution >= 0.6 is 0 Å². The molecule has 0 unspecified atom stereocenters. The zero-order valence-corrected chi connectivity index (χ0v) is 15.3. The summed E-state index contributed by atoms with van der Waals surface area (Å²) in [5.41, 5.74) is 0.153. The van der Waals surface area contributed by atoms with E-state index in [1.165, 1.54) is 0 Å². The van der Waals surface area contributed by atoms with Crippen molar-refractivity contribution >= 4 is 12.0 Å². The maximum atomic E-state index is 12.8. The third-order valence-electron chi connectivity index (χ3n) is 4.06. The van der Waals surface area contributed by atoms with Gasteiger partial charge in [0.2, 0.25) is 5.91 Å². The van der Waals surface area contributed by atoms with Crippen molar-refractivity contribution in [2.75, 3.05) is 13.2 Å². The van der Waals surface area contributed by atoms with Crippen LogP contribution in [0.5, 0.6) is 0 Å². The molecule has 0 saturated carbocycles. The molecule has 2 heterocycles. The summed E-state index contributed by atoms with van der Waals surface area (Å²) < 4.78 is 10.7. The van der Waals surface area contributed by atoms with Crippen LogP contribution in [0.1, 0.15) is 44.9 Å². The van der Waals surface area contributed by atoms with Crippen LogP contribution in [0.25, 0.3) is 0 Å². The first kappa shape index (κ1) is 19.2. The van der Waals surface area contributed by atoms with Gasteiger partial charge in [-0.1, -0.05) is 6.07 Å². The minimum absolute atomic E-state index is 0.244.